The minimum Gasteiger partial charge on any atom is -0.399 e. The van der Waals surface area contributed by atoms with E-state index in [4.69, 9.17) is 9.31 Å². The Morgan fingerprint density at radius 2 is 1.68 bits per heavy atom. The first-order chi connectivity index (χ1) is 8.69. The molecule has 0 aliphatic carbocycles. The van der Waals surface area contributed by atoms with Gasteiger partial charge < -0.3 is 14.4 Å². The van der Waals surface area contributed by atoms with E-state index in [1.54, 1.807) is 13.0 Å². The van der Waals surface area contributed by atoms with E-state index in [0.29, 0.717) is 11.1 Å². The number of rotatable bonds is 2. The summed E-state index contributed by atoms with van der Waals surface area (Å²) in [4.78, 5) is 0. The topological polar surface area (TPSA) is 38.7 Å². The molecule has 1 aromatic carbocycles. The van der Waals surface area contributed by atoms with Crippen LogP contribution in [-0.4, -0.2) is 23.4 Å². The molecule has 1 saturated heterocycles. The Kier molecular flexibility index (Phi) is 3.50. The Bertz CT molecular complexity index is 484. The molecule has 1 fully saturated rings. The molecule has 0 atom stereocenters. The van der Waals surface area contributed by atoms with Crippen LogP contribution >= 0.6 is 0 Å². The van der Waals surface area contributed by atoms with Crippen LogP contribution in [0.1, 0.15) is 38.8 Å². The van der Waals surface area contributed by atoms with E-state index < -0.39 is 24.1 Å². The average molecular weight is 266 g/mol. The van der Waals surface area contributed by atoms with Crippen LogP contribution in [0.2, 0.25) is 0 Å². The molecule has 1 aliphatic rings. The minimum atomic E-state index is -0.532. The highest BCUT2D eigenvalue weighted by molar-refractivity contribution is 6.62. The Balaban J connectivity index is 2.40. The van der Waals surface area contributed by atoms with Gasteiger partial charge in [-0.2, -0.15) is 0 Å². The molecule has 0 saturated carbocycles. The molecular formula is C14H20BFO3. The zero-order valence-electron chi connectivity index (χ0n) is 12.1. The summed E-state index contributed by atoms with van der Waals surface area (Å²) in [6.07, 6.45) is 0. The highest BCUT2D eigenvalue weighted by Crippen LogP contribution is 2.36. The molecule has 1 aliphatic heterocycles. The third-order valence-corrected chi connectivity index (χ3v) is 4.25. The van der Waals surface area contributed by atoms with Crippen molar-refractivity contribution in [2.45, 2.75) is 52.4 Å². The summed E-state index contributed by atoms with van der Waals surface area (Å²) in [5.74, 6) is -0.403. The maximum Gasteiger partial charge on any atom is 0.495 e. The number of halogens is 1. The zero-order chi connectivity index (χ0) is 14.4. The van der Waals surface area contributed by atoms with Gasteiger partial charge in [0.05, 0.1) is 17.8 Å². The van der Waals surface area contributed by atoms with Gasteiger partial charge in [-0.25, -0.2) is 4.39 Å². The Labute approximate surface area is 113 Å². The van der Waals surface area contributed by atoms with Crippen molar-refractivity contribution in [1.82, 2.24) is 0 Å². The first kappa shape index (κ1) is 14.5. The number of aliphatic hydroxyl groups is 1. The van der Waals surface area contributed by atoms with E-state index in [1.807, 2.05) is 27.7 Å². The number of benzene rings is 1. The standard InChI is InChI=1S/C14H20BFO3/c1-9-10(8-17)12(16)7-6-11(9)15-18-13(2,3)14(4,5)19-15/h6-7,17H,8H2,1-5H3. The SMILES string of the molecule is Cc1c(B2OC(C)(C)C(C)(C)O2)ccc(F)c1CO. The smallest absolute Gasteiger partial charge is 0.399 e. The second kappa shape index (κ2) is 4.58. The predicted molar refractivity (Wildman–Crippen MR) is 72.8 cm³/mol. The van der Waals surface area contributed by atoms with E-state index in [2.05, 4.69) is 0 Å². The molecule has 0 bridgehead atoms. The fourth-order valence-electron chi connectivity index (χ4n) is 2.16. The van der Waals surface area contributed by atoms with Crippen LogP contribution in [-0.2, 0) is 15.9 Å². The Morgan fingerprint density at radius 3 is 2.16 bits per heavy atom. The summed E-state index contributed by atoms with van der Waals surface area (Å²) in [6, 6.07) is 3.00. The summed E-state index contributed by atoms with van der Waals surface area (Å²) in [5.41, 5.74) is 0.882. The summed E-state index contributed by atoms with van der Waals surface area (Å²) < 4.78 is 25.5. The van der Waals surface area contributed by atoms with Gasteiger partial charge in [0.2, 0.25) is 0 Å². The first-order valence-corrected chi connectivity index (χ1v) is 6.44. The number of hydrogen-bond donors (Lipinski definition) is 1. The lowest BCUT2D eigenvalue weighted by Gasteiger charge is -2.32. The second-order valence-corrected chi connectivity index (χ2v) is 5.99. The van der Waals surface area contributed by atoms with Crippen LogP contribution < -0.4 is 5.46 Å². The van der Waals surface area contributed by atoms with Gasteiger partial charge in [-0.15, -0.1) is 0 Å². The quantitative estimate of drug-likeness (QED) is 0.831. The van der Waals surface area contributed by atoms with Crippen LogP contribution in [0, 0.1) is 12.7 Å². The summed E-state index contributed by atoms with van der Waals surface area (Å²) in [6.45, 7) is 9.33. The van der Waals surface area contributed by atoms with Crippen molar-refractivity contribution < 1.29 is 18.8 Å². The second-order valence-electron chi connectivity index (χ2n) is 5.99. The molecule has 5 heteroatoms. The molecule has 0 aromatic heterocycles. The third kappa shape index (κ3) is 2.31. The largest absolute Gasteiger partial charge is 0.495 e. The maximum absolute atomic E-state index is 13.6. The highest BCUT2D eigenvalue weighted by Gasteiger charge is 2.52. The van der Waals surface area contributed by atoms with Crippen molar-refractivity contribution in [3.05, 3.63) is 29.1 Å². The molecule has 0 radical (unpaired) electrons. The van der Waals surface area contributed by atoms with Gasteiger partial charge in [-0.3, -0.25) is 0 Å². The summed E-state index contributed by atoms with van der Waals surface area (Å²) >= 11 is 0. The summed E-state index contributed by atoms with van der Waals surface area (Å²) in [5, 5.41) is 9.25. The molecule has 1 heterocycles. The van der Waals surface area contributed by atoms with E-state index in [-0.39, 0.29) is 6.61 Å². The molecular weight excluding hydrogens is 246 g/mol. The lowest BCUT2D eigenvalue weighted by Crippen LogP contribution is -2.41. The molecule has 0 spiro atoms. The van der Waals surface area contributed by atoms with Gasteiger partial charge in [0.1, 0.15) is 5.82 Å². The number of hydrogen-bond acceptors (Lipinski definition) is 3. The van der Waals surface area contributed by atoms with Crippen LogP contribution in [0.4, 0.5) is 4.39 Å². The van der Waals surface area contributed by atoms with Gasteiger partial charge in [0, 0.05) is 5.56 Å². The molecule has 1 N–H and O–H groups in total. The Hall–Kier alpha value is -0.905. The van der Waals surface area contributed by atoms with Crippen molar-refractivity contribution in [2.75, 3.05) is 0 Å². The van der Waals surface area contributed by atoms with E-state index in [9.17, 15) is 9.50 Å². The lowest BCUT2D eigenvalue weighted by atomic mass is 9.75. The van der Waals surface area contributed by atoms with Crippen molar-refractivity contribution >= 4 is 12.6 Å². The molecule has 0 amide bonds. The van der Waals surface area contributed by atoms with E-state index >= 15 is 0 Å². The van der Waals surface area contributed by atoms with Gasteiger partial charge in [-0.05, 0) is 51.7 Å². The molecule has 1 aromatic rings. The lowest BCUT2D eigenvalue weighted by molar-refractivity contribution is 0.00578. The monoisotopic (exact) mass is 266 g/mol. The van der Waals surface area contributed by atoms with Crippen LogP contribution in [0.15, 0.2) is 12.1 Å². The van der Waals surface area contributed by atoms with Crippen LogP contribution in [0.5, 0.6) is 0 Å². The first-order valence-electron chi connectivity index (χ1n) is 6.44. The van der Waals surface area contributed by atoms with Crippen molar-refractivity contribution in [2.24, 2.45) is 0 Å². The van der Waals surface area contributed by atoms with Gasteiger partial charge >= 0.3 is 7.12 Å². The molecule has 3 nitrogen and oxygen atoms in total. The van der Waals surface area contributed by atoms with Crippen molar-refractivity contribution in [3.63, 3.8) is 0 Å². The van der Waals surface area contributed by atoms with Gasteiger partial charge in [0.15, 0.2) is 0 Å². The molecule has 104 valence electrons. The van der Waals surface area contributed by atoms with Crippen molar-refractivity contribution in [1.29, 1.82) is 0 Å². The minimum absolute atomic E-state index is 0.298. The van der Waals surface area contributed by atoms with E-state index in [0.717, 1.165) is 5.46 Å². The molecule has 2 rings (SSSR count). The predicted octanol–water partition coefficient (Wildman–Crippen LogP) is 1.93. The summed E-state index contributed by atoms with van der Waals surface area (Å²) in [7, 11) is -0.532. The normalized spacial score (nSPS) is 20.9. The van der Waals surface area contributed by atoms with Gasteiger partial charge in [0.25, 0.3) is 0 Å². The fraction of sp³-hybridized carbons (Fsp3) is 0.571. The van der Waals surface area contributed by atoms with Gasteiger partial charge in [-0.1, -0.05) is 6.07 Å². The highest BCUT2D eigenvalue weighted by atomic mass is 19.1. The van der Waals surface area contributed by atoms with Crippen molar-refractivity contribution in [3.8, 4) is 0 Å². The molecule has 0 unspecified atom stereocenters. The molecule has 19 heavy (non-hydrogen) atoms. The third-order valence-electron chi connectivity index (χ3n) is 4.25. The van der Waals surface area contributed by atoms with Crippen LogP contribution in [0.25, 0.3) is 0 Å². The van der Waals surface area contributed by atoms with Crippen LogP contribution in [0.3, 0.4) is 0 Å². The Morgan fingerprint density at radius 1 is 1.16 bits per heavy atom. The zero-order valence-corrected chi connectivity index (χ0v) is 12.1. The van der Waals surface area contributed by atoms with E-state index in [1.165, 1.54) is 6.07 Å². The maximum atomic E-state index is 13.6. The fourth-order valence-corrected chi connectivity index (χ4v) is 2.16. The number of aliphatic hydroxyl groups excluding tert-OH is 1. The average Bonchev–Trinajstić information content (AvgIpc) is 2.48.